The number of aliphatic imine (C=N–C) groups is 1. The van der Waals surface area contributed by atoms with Crippen molar-refractivity contribution in [3.8, 4) is 11.5 Å². The maximum atomic E-state index is 6.15. The van der Waals surface area contributed by atoms with Crippen LogP contribution < -0.4 is 15.8 Å². The lowest BCUT2D eigenvalue weighted by molar-refractivity contribution is 0.482. The normalized spacial score (nSPS) is 14.9. The van der Waals surface area contributed by atoms with E-state index in [4.69, 9.17) is 22.7 Å². The molecule has 0 fully saturated rings. The second kappa shape index (κ2) is 8.41. The second-order valence-electron chi connectivity index (χ2n) is 7.11. The Kier molecular flexibility index (Phi) is 5.32. The first kappa shape index (κ1) is 19.6. The van der Waals surface area contributed by atoms with Gasteiger partial charge in [0.2, 0.25) is 0 Å². The molecular formula is C25H19N3OS2. The van der Waals surface area contributed by atoms with E-state index in [9.17, 15) is 0 Å². The first-order valence-electron chi connectivity index (χ1n) is 9.86. The summed E-state index contributed by atoms with van der Waals surface area (Å²) < 4.78 is 6.06. The average Bonchev–Trinajstić information content (AvgIpc) is 2.79. The highest BCUT2D eigenvalue weighted by Crippen LogP contribution is 2.45. The van der Waals surface area contributed by atoms with Gasteiger partial charge in [0.05, 0.1) is 17.1 Å². The zero-order valence-electron chi connectivity index (χ0n) is 16.5. The van der Waals surface area contributed by atoms with Crippen LogP contribution in [0.1, 0.15) is 6.42 Å². The first-order valence-corrected chi connectivity index (χ1v) is 11.1. The topological polar surface area (TPSA) is 59.6 Å². The van der Waals surface area contributed by atoms with E-state index in [0.29, 0.717) is 5.84 Å². The molecule has 1 aliphatic carbocycles. The molecule has 1 aliphatic heterocycles. The van der Waals surface area contributed by atoms with Crippen LogP contribution in [0.2, 0.25) is 0 Å². The monoisotopic (exact) mass is 441 g/mol. The van der Waals surface area contributed by atoms with Crippen molar-refractivity contribution in [3.63, 3.8) is 0 Å². The summed E-state index contributed by atoms with van der Waals surface area (Å²) in [6.45, 7) is 0. The molecule has 152 valence electrons. The molecule has 0 saturated heterocycles. The highest BCUT2D eigenvalue weighted by Gasteiger charge is 2.16. The van der Waals surface area contributed by atoms with Crippen LogP contribution in [0.15, 0.2) is 105 Å². The number of nitrogens with one attached hydrogen (secondary N) is 1. The summed E-state index contributed by atoms with van der Waals surface area (Å²) >= 11 is 7.12. The third-order valence-corrected chi connectivity index (χ3v) is 6.47. The SMILES string of the molecule is NC(=Nc1ccc(Oc2ccc3c(c2)Nc2ccccc2S3)cc1)C1=CC=CCC1=S. The van der Waals surface area contributed by atoms with Crippen molar-refractivity contribution in [2.24, 2.45) is 10.7 Å². The average molecular weight is 442 g/mol. The van der Waals surface area contributed by atoms with Crippen LogP contribution >= 0.6 is 24.0 Å². The van der Waals surface area contributed by atoms with Crippen LogP contribution in [0.25, 0.3) is 0 Å². The highest BCUT2D eigenvalue weighted by atomic mass is 32.2. The van der Waals surface area contributed by atoms with Gasteiger partial charge in [-0.1, -0.05) is 54.3 Å². The minimum Gasteiger partial charge on any atom is -0.457 e. The molecule has 0 saturated carbocycles. The highest BCUT2D eigenvalue weighted by molar-refractivity contribution is 7.99. The molecule has 0 unspecified atom stereocenters. The largest absolute Gasteiger partial charge is 0.457 e. The molecule has 0 atom stereocenters. The smallest absolute Gasteiger partial charge is 0.132 e. The van der Waals surface area contributed by atoms with Crippen molar-refractivity contribution < 1.29 is 4.74 Å². The van der Waals surface area contributed by atoms with E-state index >= 15 is 0 Å². The number of allylic oxidation sites excluding steroid dienone is 3. The lowest BCUT2D eigenvalue weighted by Crippen LogP contribution is -2.20. The lowest BCUT2D eigenvalue weighted by Gasteiger charge is -2.21. The summed E-state index contributed by atoms with van der Waals surface area (Å²) in [7, 11) is 0. The van der Waals surface area contributed by atoms with Gasteiger partial charge in [-0.25, -0.2) is 4.99 Å². The van der Waals surface area contributed by atoms with Crippen LogP contribution in [0.3, 0.4) is 0 Å². The molecule has 3 aromatic carbocycles. The summed E-state index contributed by atoms with van der Waals surface area (Å²) in [5.74, 6) is 1.93. The molecule has 0 aromatic heterocycles. The molecule has 0 amide bonds. The molecule has 0 spiro atoms. The van der Waals surface area contributed by atoms with E-state index < -0.39 is 0 Å². The number of ether oxygens (including phenoxy) is 1. The maximum absolute atomic E-state index is 6.15. The summed E-state index contributed by atoms with van der Waals surface area (Å²) in [6, 6.07) is 21.9. The Hall–Kier alpha value is -3.35. The van der Waals surface area contributed by atoms with E-state index in [1.807, 2.05) is 60.7 Å². The van der Waals surface area contributed by atoms with Crippen LogP contribution in [-0.2, 0) is 0 Å². The van der Waals surface area contributed by atoms with E-state index in [1.165, 1.54) is 9.79 Å². The van der Waals surface area contributed by atoms with E-state index in [1.54, 1.807) is 11.8 Å². The summed E-state index contributed by atoms with van der Waals surface area (Å²) in [5, 5.41) is 3.48. The van der Waals surface area contributed by atoms with Gasteiger partial charge in [0.1, 0.15) is 17.3 Å². The number of anilines is 2. The number of amidine groups is 1. The first-order chi connectivity index (χ1) is 15.2. The molecule has 0 radical (unpaired) electrons. The van der Waals surface area contributed by atoms with Gasteiger partial charge in [0.15, 0.2) is 0 Å². The standard InChI is InChI=1S/C25H19N3OS2/c26-25(19-5-1-3-7-22(19)30)27-16-9-11-17(12-10-16)29-18-13-14-24-21(15-18)28-20-6-2-4-8-23(20)31-24/h1-6,8-15,28H,7H2,(H2,26,27). The fourth-order valence-corrected chi connectivity index (χ4v) is 4.61. The van der Waals surface area contributed by atoms with Crippen LogP contribution in [0.5, 0.6) is 11.5 Å². The van der Waals surface area contributed by atoms with Crippen LogP contribution in [-0.4, -0.2) is 10.7 Å². The molecule has 6 heteroatoms. The van der Waals surface area contributed by atoms with E-state index in [2.05, 4.69) is 34.6 Å². The number of fused-ring (bicyclic) bond motifs is 2. The van der Waals surface area contributed by atoms with Crippen LogP contribution in [0, 0.1) is 0 Å². The third kappa shape index (κ3) is 4.26. The molecule has 2 aliphatic rings. The zero-order chi connectivity index (χ0) is 21.2. The molecule has 4 nitrogen and oxygen atoms in total. The fourth-order valence-electron chi connectivity index (χ4n) is 3.38. The summed E-state index contributed by atoms with van der Waals surface area (Å²) in [4.78, 5) is 7.71. The lowest BCUT2D eigenvalue weighted by atomic mass is 10.0. The molecule has 3 N–H and O–H groups in total. The number of para-hydroxylation sites is 1. The van der Waals surface area contributed by atoms with Crippen molar-refractivity contribution in [1.82, 2.24) is 0 Å². The number of hydrogen-bond acceptors (Lipinski definition) is 5. The summed E-state index contributed by atoms with van der Waals surface area (Å²) in [5.41, 5.74) is 9.88. The maximum Gasteiger partial charge on any atom is 0.132 e. The van der Waals surface area contributed by atoms with Gasteiger partial charge in [-0.05, 0) is 48.5 Å². The van der Waals surface area contributed by atoms with Gasteiger partial charge in [0.25, 0.3) is 0 Å². The van der Waals surface area contributed by atoms with Gasteiger partial charge in [0, 0.05) is 32.7 Å². The number of hydrogen-bond donors (Lipinski definition) is 2. The number of rotatable bonds is 4. The van der Waals surface area contributed by atoms with Gasteiger partial charge in [-0.2, -0.15) is 0 Å². The van der Waals surface area contributed by atoms with E-state index in [-0.39, 0.29) is 0 Å². The van der Waals surface area contributed by atoms with Gasteiger partial charge >= 0.3 is 0 Å². The van der Waals surface area contributed by atoms with Gasteiger partial charge in [-0.3, -0.25) is 0 Å². The Morgan fingerprint density at radius 2 is 1.74 bits per heavy atom. The predicted octanol–water partition coefficient (Wildman–Crippen LogP) is 6.93. The fraction of sp³-hybridized carbons (Fsp3) is 0.0400. The second-order valence-corrected chi connectivity index (χ2v) is 8.69. The Balaban J connectivity index is 1.31. The third-order valence-electron chi connectivity index (χ3n) is 4.93. The Morgan fingerprint density at radius 1 is 0.968 bits per heavy atom. The zero-order valence-corrected chi connectivity index (χ0v) is 18.2. The number of nitrogens with zero attached hydrogens (tertiary/aromatic N) is 1. The van der Waals surface area contributed by atoms with Crippen LogP contribution in [0.4, 0.5) is 17.1 Å². The molecular weight excluding hydrogens is 422 g/mol. The van der Waals surface area contributed by atoms with Crippen molar-refractivity contribution in [2.75, 3.05) is 5.32 Å². The van der Waals surface area contributed by atoms with Gasteiger partial charge in [-0.15, -0.1) is 0 Å². The van der Waals surface area contributed by atoms with Crippen molar-refractivity contribution in [2.45, 2.75) is 16.2 Å². The predicted molar refractivity (Wildman–Crippen MR) is 133 cm³/mol. The molecule has 31 heavy (non-hydrogen) atoms. The summed E-state index contributed by atoms with van der Waals surface area (Å²) in [6.07, 6.45) is 6.60. The number of nitrogens with two attached hydrogens (primary N) is 1. The van der Waals surface area contributed by atoms with E-state index in [0.717, 1.165) is 45.4 Å². The van der Waals surface area contributed by atoms with Gasteiger partial charge < -0.3 is 15.8 Å². The number of thiocarbonyl (C=S) groups is 1. The van der Waals surface area contributed by atoms with Crippen molar-refractivity contribution in [1.29, 1.82) is 0 Å². The molecule has 0 bridgehead atoms. The van der Waals surface area contributed by atoms with Crippen molar-refractivity contribution in [3.05, 3.63) is 90.5 Å². The molecule has 3 aromatic rings. The number of benzene rings is 3. The molecule has 1 heterocycles. The Bertz CT molecular complexity index is 1260. The Labute approximate surface area is 190 Å². The minimum absolute atomic E-state index is 0.432. The minimum atomic E-state index is 0.432. The molecule has 5 rings (SSSR count). The van der Waals surface area contributed by atoms with Crippen molar-refractivity contribution >= 4 is 51.7 Å². The quantitative estimate of drug-likeness (QED) is 0.204. The Morgan fingerprint density at radius 3 is 2.58 bits per heavy atom.